The maximum absolute atomic E-state index is 6.33. The van der Waals surface area contributed by atoms with Gasteiger partial charge in [-0.25, -0.2) is 0 Å². The summed E-state index contributed by atoms with van der Waals surface area (Å²) in [7, 11) is 2.11. The lowest BCUT2D eigenvalue weighted by atomic mass is 9.86. The molecule has 0 aliphatic carbocycles. The van der Waals surface area contributed by atoms with E-state index in [1.807, 2.05) is 0 Å². The summed E-state index contributed by atoms with van der Waals surface area (Å²) >= 11 is 0. The van der Waals surface area contributed by atoms with Gasteiger partial charge in [-0.2, -0.15) is 0 Å². The quantitative estimate of drug-likeness (QED) is 0.824. The van der Waals surface area contributed by atoms with Gasteiger partial charge in [0, 0.05) is 23.6 Å². The van der Waals surface area contributed by atoms with Crippen LogP contribution in [0.5, 0.6) is 0 Å². The van der Waals surface area contributed by atoms with Gasteiger partial charge >= 0.3 is 0 Å². The molecule has 2 nitrogen and oxygen atoms in total. The van der Waals surface area contributed by atoms with Crippen molar-refractivity contribution in [2.24, 2.45) is 12.8 Å². The molecule has 0 spiro atoms. The third kappa shape index (κ3) is 2.30. The molecule has 0 amide bonds. The molecule has 1 aromatic carbocycles. The second kappa shape index (κ2) is 4.11. The standard InChI is InChI=1S/C17H26N2/c1-11-13-10-12(16(2,3)4)8-9-14(13)19(7)15(11)17(5,6)18/h8-10H,18H2,1-7H3. The molecule has 2 N–H and O–H groups in total. The Kier molecular flexibility index (Phi) is 3.06. The van der Waals surface area contributed by atoms with Gasteiger partial charge in [0.05, 0.1) is 5.54 Å². The van der Waals surface area contributed by atoms with Crippen LogP contribution in [0.1, 0.15) is 51.4 Å². The van der Waals surface area contributed by atoms with Gasteiger partial charge in [0.1, 0.15) is 0 Å². The van der Waals surface area contributed by atoms with E-state index < -0.39 is 0 Å². The fourth-order valence-corrected chi connectivity index (χ4v) is 3.01. The predicted octanol–water partition coefficient (Wildman–Crippen LogP) is 3.98. The first-order valence-corrected chi connectivity index (χ1v) is 6.92. The normalized spacial score (nSPS) is 13.3. The zero-order valence-corrected chi connectivity index (χ0v) is 13.3. The summed E-state index contributed by atoms with van der Waals surface area (Å²) in [5.41, 5.74) is 11.3. The average molecular weight is 258 g/mol. The number of fused-ring (bicyclic) bond motifs is 1. The highest BCUT2D eigenvalue weighted by molar-refractivity contribution is 5.86. The number of rotatable bonds is 1. The lowest BCUT2D eigenvalue weighted by Crippen LogP contribution is -2.31. The van der Waals surface area contributed by atoms with E-state index in [0.29, 0.717) is 0 Å². The molecule has 0 fully saturated rings. The van der Waals surface area contributed by atoms with Crippen molar-refractivity contribution in [3.05, 3.63) is 35.0 Å². The molecular weight excluding hydrogens is 232 g/mol. The summed E-state index contributed by atoms with van der Waals surface area (Å²) in [6, 6.07) is 6.77. The monoisotopic (exact) mass is 258 g/mol. The van der Waals surface area contributed by atoms with Crippen molar-refractivity contribution in [3.8, 4) is 0 Å². The van der Waals surface area contributed by atoms with Gasteiger partial charge in [-0.05, 0) is 49.4 Å². The molecule has 0 aliphatic rings. The number of hydrogen-bond donors (Lipinski definition) is 1. The van der Waals surface area contributed by atoms with E-state index in [2.05, 4.69) is 71.4 Å². The van der Waals surface area contributed by atoms with Crippen molar-refractivity contribution in [1.82, 2.24) is 4.57 Å². The number of aryl methyl sites for hydroxylation is 2. The second-order valence-electron chi connectivity index (χ2n) is 7.24. The maximum Gasteiger partial charge on any atom is 0.0509 e. The van der Waals surface area contributed by atoms with E-state index in [-0.39, 0.29) is 11.0 Å². The molecule has 2 rings (SSSR count). The molecule has 0 radical (unpaired) electrons. The zero-order chi connectivity index (χ0) is 14.6. The summed E-state index contributed by atoms with van der Waals surface area (Å²) in [5, 5.41) is 1.32. The van der Waals surface area contributed by atoms with E-state index in [9.17, 15) is 0 Å². The van der Waals surface area contributed by atoms with Gasteiger partial charge in [-0.1, -0.05) is 26.8 Å². The minimum Gasteiger partial charge on any atom is -0.346 e. The van der Waals surface area contributed by atoms with Crippen LogP contribution in [0.2, 0.25) is 0 Å². The number of aromatic nitrogens is 1. The topological polar surface area (TPSA) is 30.9 Å². The smallest absolute Gasteiger partial charge is 0.0509 e. The molecule has 104 valence electrons. The molecule has 1 heterocycles. The van der Waals surface area contributed by atoms with Crippen molar-refractivity contribution >= 4 is 10.9 Å². The Morgan fingerprint density at radius 1 is 1.05 bits per heavy atom. The van der Waals surface area contributed by atoms with Crippen molar-refractivity contribution in [1.29, 1.82) is 0 Å². The molecule has 1 aromatic heterocycles. The van der Waals surface area contributed by atoms with Crippen molar-refractivity contribution in [2.45, 2.75) is 52.5 Å². The highest BCUT2D eigenvalue weighted by Crippen LogP contribution is 2.33. The predicted molar refractivity (Wildman–Crippen MR) is 83.6 cm³/mol. The molecule has 0 atom stereocenters. The summed E-state index contributed by atoms with van der Waals surface area (Å²) in [4.78, 5) is 0. The second-order valence-corrected chi connectivity index (χ2v) is 7.24. The fraction of sp³-hybridized carbons (Fsp3) is 0.529. The van der Waals surface area contributed by atoms with Crippen LogP contribution in [-0.4, -0.2) is 4.57 Å². The van der Waals surface area contributed by atoms with E-state index in [0.717, 1.165) is 0 Å². The minimum absolute atomic E-state index is 0.175. The first-order valence-electron chi connectivity index (χ1n) is 6.92. The van der Waals surface area contributed by atoms with Crippen LogP contribution in [0.4, 0.5) is 0 Å². The average Bonchev–Trinajstić information content (AvgIpc) is 2.49. The molecule has 0 bridgehead atoms. The van der Waals surface area contributed by atoms with Crippen LogP contribution in [0.3, 0.4) is 0 Å². The van der Waals surface area contributed by atoms with Gasteiger partial charge in [0.25, 0.3) is 0 Å². The highest BCUT2D eigenvalue weighted by atomic mass is 15.0. The molecule has 0 aliphatic heterocycles. The molecule has 0 saturated carbocycles. The molecule has 2 aromatic rings. The van der Waals surface area contributed by atoms with E-state index in [1.165, 1.54) is 27.7 Å². The summed E-state index contributed by atoms with van der Waals surface area (Å²) < 4.78 is 2.23. The van der Waals surface area contributed by atoms with Crippen molar-refractivity contribution in [3.63, 3.8) is 0 Å². The number of nitrogens with zero attached hydrogens (tertiary/aromatic N) is 1. The Morgan fingerprint density at radius 2 is 1.63 bits per heavy atom. The van der Waals surface area contributed by atoms with Crippen LogP contribution in [0, 0.1) is 6.92 Å². The molecular formula is C17H26N2. The van der Waals surface area contributed by atoms with Crippen LogP contribution < -0.4 is 5.73 Å². The van der Waals surface area contributed by atoms with Gasteiger partial charge in [0.15, 0.2) is 0 Å². The van der Waals surface area contributed by atoms with Crippen LogP contribution in [-0.2, 0) is 18.0 Å². The maximum atomic E-state index is 6.33. The lowest BCUT2D eigenvalue weighted by Gasteiger charge is -2.21. The lowest BCUT2D eigenvalue weighted by molar-refractivity contribution is 0.513. The Labute approximate surface area is 116 Å². The van der Waals surface area contributed by atoms with Crippen molar-refractivity contribution in [2.75, 3.05) is 0 Å². The molecule has 0 saturated heterocycles. The molecule has 2 heteroatoms. The Balaban J connectivity index is 2.79. The SMILES string of the molecule is Cc1c(C(C)(C)N)n(C)c2ccc(C(C)(C)C)cc12. The van der Waals surface area contributed by atoms with Gasteiger partial charge in [0.2, 0.25) is 0 Å². The highest BCUT2D eigenvalue weighted by Gasteiger charge is 2.24. The third-order valence-electron chi connectivity index (χ3n) is 3.93. The van der Waals surface area contributed by atoms with Gasteiger partial charge < -0.3 is 10.3 Å². The van der Waals surface area contributed by atoms with Gasteiger partial charge in [-0.15, -0.1) is 0 Å². The summed E-state index contributed by atoms with van der Waals surface area (Å²) in [6.07, 6.45) is 0. The number of benzene rings is 1. The Hall–Kier alpha value is -1.28. The molecule has 19 heavy (non-hydrogen) atoms. The third-order valence-corrected chi connectivity index (χ3v) is 3.93. The largest absolute Gasteiger partial charge is 0.346 e. The van der Waals surface area contributed by atoms with Crippen LogP contribution in [0.15, 0.2) is 18.2 Å². The van der Waals surface area contributed by atoms with Gasteiger partial charge in [-0.3, -0.25) is 0 Å². The van der Waals surface area contributed by atoms with Crippen LogP contribution >= 0.6 is 0 Å². The van der Waals surface area contributed by atoms with Crippen LogP contribution in [0.25, 0.3) is 10.9 Å². The Morgan fingerprint density at radius 3 is 2.11 bits per heavy atom. The minimum atomic E-state index is -0.320. The first kappa shape index (κ1) is 14.1. The van der Waals surface area contributed by atoms with E-state index in [1.54, 1.807) is 0 Å². The Bertz CT molecular complexity index is 619. The fourth-order valence-electron chi connectivity index (χ4n) is 3.01. The summed E-state index contributed by atoms with van der Waals surface area (Å²) in [6.45, 7) is 13.1. The number of nitrogens with two attached hydrogens (primary N) is 1. The van der Waals surface area contributed by atoms with Crippen molar-refractivity contribution < 1.29 is 0 Å². The number of hydrogen-bond acceptors (Lipinski definition) is 1. The summed E-state index contributed by atoms with van der Waals surface area (Å²) in [5.74, 6) is 0. The zero-order valence-electron chi connectivity index (χ0n) is 13.3. The van der Waals surface area contributed by atoms with E-state index >= 15 is 0 Å². The first-order chi connectivity index (χ1) is 8.53. The van der Waals surface area contributed by atoms with E-state index in [4.69, 9.17) is 5.73 Å². The molecule has 0 unspecified atom stereocenters.